The van der Waals surface area contributed by atoms with Gasteiger partial charge in [-0.3, -0.25) is 4.79 Å². The van der Waals surface area contributed by atoms with Crippen LogP contribution in [0, 0.1) is 0 Å². The first-order valence-electron chi connectivity index (χ1n) is 11.8. The largest absolute Gasteiger partial charge is 0.493 e. The average Bonchev–Trinajstić information content (AvgIpc) is 3.26. The molecule has 0 saturated heterocycles. The van der Waals surface area contributed by atoms with Crippen molar-refractivity contribution in [3.63, 3.8) is 0 Å². The van der Waals surface area contributed by atoms with E-state index in [0.717, 1.165) is 28.8 Å². The number of hydrogen-bond acceptors (Lipinski definition) is 5. The minimum atomic E-state index is -4.75. The summed E-state index contributed by atoms with van der Waals surface area (Å²) >= 11 is 0. The molecule has 3 rings (SSSR count). The molecule has 0 aliphatic heterocycles. The number of benzene rings is 2. The van der Waals surface area contributed by atoms with Crippen molar-refractivity contribution in [2.45, 2.75) is 51.1 Å². The second-order valence-electron chi connectivity index (χ2n) is 8.49. The van der Waals surface area contributed by atoms with Crippen LogP contribution in [0.2, 0.25) is 0 Å². The lowest BCUT2D eigenvalue weighted by Crippen LogP contribution is -2.25. The van der Waals surface area contributed by atoms with Gasteiger partial charge in [0.1, 0.15) is 17.3 Å². The number of nitrogens with zero attached hydrogens (tertiary/aromatic N) is 2. The number of alkyl halides is 6. The number of aromatic nitrogens is 2. The van der Waals surface area contributed by atoms with Crippen molar-refractivity contribution in [2.24, 2.45) is 5.73 Å². The molecule has 0 aliphatic carbocycles. The third-order valence-electron chi connectivity index (χ3n) is 5.63. The summed E-state index contributed by atoms with van der Waals surface area (Å²) in [6.45, 7) is 1.88. The third kappa shape index (κ3) is 7.73. The number of rotatable bonds is 11. The minimum absolute atomic E-state index is 0.0675. The smallest absolute Gasteiger partial charge is 0.433 e. The molecule has 1 atom stereocenters. The van der Waals surface area contributed by atoms with Crippen LogP contribution in [0.15, 0.2) is 54.7 Å². The summed E-state index contributed by atoms with van der Waals surface area (Å²) in [5.74, 6) is -0.187. The van der Waals surface area contributed by atoms with E-state index in [4.69, 9.17) is 15.2 Å². The van der Waals surface area contributed by atoms with Crippen LogP contribution in [-0.2, 0) is 28.4 Å². The zero-order valence-electron chi connectivity index (χ0n) is 20.5. The van der Waals surface area contributed by atoms with Crippen molar-refractivity contribution in [3.05, 3.63) is 71.5 Å². The normalized spacial score (nSPS) is 12.8. The van der Waals surface area contributed by atoms with E-state index in [2.05, 4.69) is 4.98 Å². The molecule has 0 unspecified atom stereocenters. The van der Waals surface area contributed by atoms with Gasteiger partial charge in [0.25, 0.3) is 0 Å². The van der Waals surface area contributed by atoms with Crippen LogP contribution in [-0.4, -0.2) is 34.8 Å². The molecular formula is C26H27F6N3O3. The van der Waals surface area contributed by atoms with Gasteiger partial charge in [0.15, 0.2) is 0 Å². The fourth-order valence-corrected chi connectivity index (χ4v) is 3.81. The first-order valence-corrected chi connectivity index (χ1v) is 11.8. The van der Waals surface area contributed by atoms with Crippen LogP contribution in [0.1, 0.15) is 43.0 Å². The molecule has 2 N–H and O–H groups in total. The highest BCUT2D eigenvalue weighted by molar-refractivity contribution is 5.70. The fraction of sp³-hybridized carbons (Fsp3) is 0.385. The van der Waals surface area contributed by atoms with Crippen molar-refractivity contribution in [1.29, 1.82) is 0 Å². The molecule has 2 aromatic carbocycles. The summed E-state index contributed by atoms with van der Waals surface area (Å²) in [5.41, 5.74) is 4.48. The van der Waals surface area contributed by atoms with Gasteiger partial charge in [0, 0.05) is 17.2 Å². The molecule has 0 aliphatic rings. The van der Waals surface area contributed by atoms with Crippen LogP contribution in [0.3, 0.4) is 0 Å². The number of imidazole rings is 1. The lowest BCUT2D eigenvalue weighted by molar-refractivity contribution is -0.144. The number of esters is 1. The Bertz CT molecular complexity index is 1210. The van der Waals surface area contributed by atoms with Gasteiger partial charge >= 0.3 is 18.3 Å². The molecule has 6 nitrogen and oxygen atoms in total. The number of carbonyl (C=O) groups excluding carboxylic acids is 1. The maximum atomic E-state index is 13.8. The van der Waals surface area contributed by atoms with E-state index in [1.807, 2.05) is 0 Å². The maximum Gasteiger partial charge on any atom is 0.433 e. The number of halogens is 6. The Balaban J connectivity index is 1.78. The van der Waals surface area contributed by atoms with E-state index >= 15 is 0 Å². The average molecular weight is 544 g/mol. The van der Waals surface area contributed by atoms with Gasteiger partial charge in [-0.1, -0.05) is 30.3 Å². The van der Waals surface area contributed by atoms with E-state index in [-0.39, 0.29) is 37.6 Å². The summed E-state index contributed by atoms with van der Waals surface area (Å²) in [4.78, 5) is 15.4. The molecular weight excluding hydrogens is 516 g/mol. The number of para-hydroxylation sites is 1. The SMILES string of the molecule is CCOC(=O)C[C@H](N)CCCOc1ccccc1Cn1c(C(F)(F)F)cnc1-c1ccc(C(F)(F)F)cc1. The zero-order valence-corrected chi connectivity index (χ0v) is 20.5. The molecule has 0 amide bonds. The summed E-state index contributed by atoms with van der Waals surface area (Å²) in [6.07, 6.45) is -7.64. The molecule has 0 bridgehead atoms. The van der Waals surface area contributed by atoms with Gasteiger partial charge in [0.05, 0.1) is 37.9 Å². The molecule has 0 radical (unpaired) electrons. The lowest BCUT2D eigenvalue weighted by atomic mass is 10.1. The molecule has 3 aromatic rings. The van der Waals surface area contributed by atoms with Crippen molar-refractivity contribution in [3.8, 4) is 17.1 Å². The summed E-state index contributed by atoms with van der Waals surface area (Å²) in [7, 11) is 0. The molecule has 38 heavy (non-hydrogen) atoms. The van der Waals surface area contributed by atoms with Crippen molar-refractivity contribution in [1.82, 2.24) is 9.55 Å². The van der Waals surface area contributed by atoms with E-state index < -0.39 is 35.6 Å². The Hall–Kier alpha value is -3.54. The van der Waals surface area contributed by atoms with Gasteiger partial charge < -0.3 is 19.8 Å². The first kappa shape index (κ1) is 29.0. The van der Waals surface area contributed by atoms with Crippen LogP contribution in [0.5, 0.6) is 5.75 Å². The first-order chi connectivity index (χ1) is 17.9. The van der Waals surface area contributed by atoms with Gasteiger partial charge in [-0.25, -0.2) is 4.98 Å². The van der Waals surface area contributed by atoms with Gasteiger partial charge in [-0.05, 0) is 38.0 Å². The van der Waals surface area contributed by atoms with Gasteiger partial charge in [-0.15, -0.1) is 0 Å². The highest BCUT2D eigenvalue weighted by atomic mass is 19.4. The summed E-state index contributed by atoms with van der Waals surface area (Å²) in [5, 5.41) is 0. The van der Waals surface area contributed by atoms with E-state index in [1.54, 1.807) is 31.2 Å². The number of nitrogens with two attached hydrogens (primary N) is 1. The Morgan fingerprint density at radius 2 is 1.71 bits per heavy atom. The van der Waals surface area contributed by atoms with Gasteiger partial charge in [-0.2, -0.15) is 26.3 Å². The Morgan fingerprint density at radius 1 is 1.03 bits per heavy atom. The molecule has 0 spiro atoms. The Morgan fingerprint density at radius 3 is 2.34 bits per heavy atom. The van der Waals surface area contributed by atoms with E-state index in [1.165, 1.54) is 0 Å². The topological polar surface area (TPSA) is 79.4 Å². The van der Waals surface area contributed by atoms with E-state index in [9.17, 15) is 31.1 Å². The zero-order chi connectivity index (χ0) is 27.9. The lowest BCUT2D eigenvalue weighted by Gasteiger charge is -2.17. The van der Waals surface area contributed by atoms with Crippen molar-refractivity contribution < 1.29 is 40.6 Å². The fourth-order valence-electron chi connectivity index (χ4n) is 3.81. The summed E-state index contributed by atoms with van der Waals surface area (Å²) in [6, 6.07) is 9.86. The number of ether oxygens (including phenoxy) is 2. The molecule has 1 heterocycles. The van der Waals surface area contributed by atoms with Crippen molar-refractivity contribution >= 4 is 5.97 Å². The quantitative estimate of drug-likeness (QED) is 0.180. The summed E-state index contributed by atoms with van der Waals surface area (Å²) < 4.78 is 91.7. The molecule has 1 aromatic heterocycles. The number of carbonyl (C=O) groups is 1. The van der Waals surface area contributed by atoms with Crippen LogP contribution >= 0.6 is 0 Å². The second-order valence-corrected chi connectivity index (χ2v) is 8.49. The minimum Gasteiger partial charge on any atom is -0.493 e. The predicted molar refractivity (Wildman–Crippen MR) is 127 cm³/mol. The predicted octanol–water partition coefficient (Wildman–Crippen LogP) is 6.08. The second kappa shape index (κ2) is 12.3. The highest BCUT2D eigenvalue weighted by Crippen LogP contribution is 2.35. The number of hydrogen-bond donors (Lipinski definition) is 1. The van der Waals surface area contributed by atoms with Crippen LogP contribution in [0.4, 0.5) is 26.3 Å². The van der Waals surface area contributed by atoms with Crippen molar-refractivity contribution in [2.75, 3.05) is 13.2 Å². The molecule has 12 heteroatoms. The monoisotopic (exact) mass is 543 g/mol. The Kier molecular flexibility index (Phi) is 9.42. The van der Waals surface area contributed by atoms with Crippen LogP contribution < -0.4 is 10.5 Å². The standard InChI is InChI=1S/C26H27F6N3O3/c1-2-37-23(36)14-20(33)7-5-13-38-21-8-4-3-6-18(21)16-35-22(26(30,31)32)15-34-24(35)17-9-11-19(12-10-17)25(27,28)29/h3-4,6,8-12,15,20H,2,5,7,13-14,16,33H2,1H3/t20-/m1/s1. The van der Waals surface area contributed by atoms with Crippen LogP contribution in [0.25, 0.3) is 11.4 Å². The Labute approximate surface area is 215 Å². The molecule has 0 saturated carbocycles. The van der Waals surface area contributed by atoms with E-state index in [0.29, 0.717) is 30.4 Å². The molecule has 206 valence electrons. The molecule has 0 fully saturated rings. The third-order valence-corrected chi connectivity index (χ3v) is 5.63. The highest BCUT2D eigenvalue weighted by Gasteiger charge is 2.37. The maximum absolute atomic E-state index is 13.8. The van der Waals surface area contributed by atoms with Gasteiger partial charge in [0.2, 0.25) is 0 Å².